The van der Waals surface area contributed by atoms with Crippen molar-refractivity contribution in [2.45, 2.75) is 37.3 Å². The first kappa shape index (κ1) is 25.6. The number of carbonyl (C=O) groups excluding carboxylic acids is 1. The van der Waals surface area contributed by atoms with Gasteiger partial charge in [0.05, 0.1) is 0 Å². The lowest BCUT2D eigenvalue weighted by atomic mass is 9.77. The SMILES string of the molecule is CC1CN(C2(C(N)=O)Cc3ccccc3C2Cc2cc(Br)cc(Br)c2)CCN1.Cl.Cl. The van der Waals surface area contributed by atoms with Gasteiger partial charge < -0.3 is 11.1 Å². The molecule has 1 aliphatic carbocycles. The molecule has 4 rings (SSSR count). The van der Waals surface area contributed by atoms with E-state index in [1.807, 2.05) is 6.07 Å². The summed E-state index contributed by atoms with van der Waals surface area (Å²) in [5, 5.41) is 3.49. The van der Waals surface area contributed by atoms with Crippen LogP contribution in [0.25, 0.3) is 0 Å². The van der Waals surface area contributed by atoms with Crippen molar-refractivity contribution in [3.63, 3.8) is 0 Å². The largest absolute Gasteiger partial charge is 0.368 e. The molecule has 0 aromatic heterocycles. The van der Waals surface area contributed by atoms with E-state index in [0.29, 0.717) is 12.5 Å². The van der Waals surface area contributed by atoms with Gasteiger partial charge in [-0.05, 0) is 48.2 Å². The number of hydrogen-bond acceptors (Lipinski definition) is 3. The van der Waals surface area contributed by atoms with Crippen molar-refractivity contribution in [3.05, 3.63) is 68.1 Å². The molecule has 3 N–H and O–H groups in total. The molecule has 0 bridgehead atoms. The highest BCUT2D eigenvalue weighted by Crippen LogP contribution is 2.47. The molecule has 1 heterocycles. The number of benzene rings is 2. The van der Waals surface area contributed by atoms with Crippen molar-refractivity contribution in [2.24, 2.45) is 5.73 Å². The second-order valence-corrected chi connectivity index (χ2v) is 9.83. The number of carbonyl (C=O) groups is 1. The number of nitrogens with zero attached hydrogens (tertiary/aromatic N) is 1. The Balaban J connectivity index is 0.00000160. The minimum atomic E-state index is -0.686. The maximum atomic E-state index is 13.1. The molecule has 4 nitrogen and oxygen atoms in total. The number of rotatable bonds is 4. The molecule has 1 amide bonds. The minimum absolute atomic E-state index is 0. The Morgan fingerprint density at radius 2 is 1.87 bits per heavy atom. The lowest BCUT2D eigenvalue weighted by Crippen LogP contribution is -2.66. The molecule has 2 aromatic carbocycles. The lowest BCUT2D eigenvalue weighted by Gasteiger charge is -2.47. The number of nitrogens with two attached hydrogens (primary N) is 1. The zero-order valence-electron chi connectivity index (χ0n) is 16.7. The minimum Gasteiger partial charge on any atom is -0.368 e. The molecule has 2 aromatic rings. The number of amides is 1. The van der Waals surface area contributed by atoms with E-state index in [1.165, 1.54) is 16.7 Å². The number of halogens is 4. The van der Waals surface area contributed by atoms with Crippen LogP contribution >= 0.6 is 56.7 Å². The van der Waals surface area contributed by atoms with E-state index in [2.05, 4.69) is 85.4 Å². The Kier molecular flexibility index (Phi) is 8.82. The monoisotopic (exact) mass is 577 g/mol. The van der Waals surface area contributed by atoms with Crippen molar-refractivity contribution in [3.8, 4) is 0 Å². The molecule has 164 valence electrons. The quantitative estimate of drug-likeness (QED) is 0.562. The predicted octanol–water partition coefficient (Wildman–Crippen LogP) is 4.46. The van der Waals surface area contributed by atoms with Gasteiger partial charge in [-0.2, -0.15) is 0 Å². The van der Waals surface area contributed by atoms with Gasteiger partial charge in [-0.1, -0.05) is 56.1 Å². The summed E-state index contributed by atoms with van der Waals surface area (Å²) < 4.78 is 2.06. The van der Waals surface area contributed by atoms with Crippen molar-refractivity contribution in [1.82, 2.24) is 10.2 Å². The molecular weight excluding hydrogens is 553 g/mol. The van der Waals surface area contributed by atoms with Crippen LogP contribution in [0.15, 0.2) is 51.4 Å². The highest BCUT2D eigenvalue weighted by Gasteiger charge is 2.54. The van der Waals surface area contributed by atoms with Crippen molar-refractivity contribution in [1.29, 1.82) is 0 Å². The number of nitrogens with one attached hydrogen (secondary N) is 1. The molecule has 1 fully saturated rings. The smallest absolute Gasteiger partial charge is 0.238 e. The number of piperazine rings is 1. The van der Waals surface area contributed by atoms with Crippen LogP contribution in [0, 0.1) is 0 Å². The third-order valence-corrected chi connectivity index (χ3v) is 7.10. The van der Waals surface area contributed by atoms with Gasteiger partial charge in [0.15, 0.2) is 0 Å². The number of fused-ring (bicyclic) bond motifs is 1. The molecule has 30 heavy (non-hydrogen) atoms. The van der Waals surface area contributed by atoms with E-state index in [-0.39, 0.29) is 36.6 Å². The molecule has 1 aliphatic heterocycles. The third-order valence-electron chi connectivity index (χ3n) is 6.19. The maximum Gasteiger partial charge on any atom is 0.238 e. The van der Waals surface area contributed by atoms with Crippen LogP contribution in [0.2, 0.25) is 0 Å². The second-order valence-electron chi connectivity index (χ2n) is 8.00. The summed E-state index contributed by atoms with van der Waals surface area (Å²) in [5.74, 6) is -0.176. The standard InChI is InChI=1S/C22H25Br2N3O.2ClH/c1-14-13-27(7-6-26-14)22(21(25)28)12-16-4-2-3-5-19(16)20(22)10-15-8-17(23)11-18(24)9-15;;/h2-5,8-9,11,14,20,26H,6-7,10,12-13H2,1H3,(H2,25,28);2*1H. The first-order valence-corrected chi connectivity index (χ1v) is 11.3. The fourth-order valence-corrected chi connectivity index (χ4v) is 6.38. The van der Waals surface area contributed by atoms with Gasteiger partial charge in [0.2, 0.25) is 5.91 Å². The first-order chi connectivity index (χ1) is 13.4. The van der Waals surface area contributed by atoms with Gasteiger partial charge in [0.1, 0.15) is 5.54 Å². The normalized spacial score (nSPS) is 25.7. The topological polar surface area (TPSA) is 58.4 Å². The average Bonchev–Trinajstić information content (AvgIpc) is 2.96. The summed E-state index contributed by atoms with van der Waals surface area (Å²) >= 11 is 7.19. The summed E-state index contributed by atoms with van der Waals surface area (Å²) in [4.78, 5) is 15.4. The van der Waals surface area contributed by atoms with Crippen LogP contribution in [-0.2, 0) is 17.6 Å². The molecule has 1 saturated heterocycles. The zero-order chi connectivity index (χ0) is 19.9. The van der Waals surface area contributed by atoms with Crippen molar-refractivity contribution >= 4 is 62.6 Å². The lowest BCUT2D eigenvalue weighted by molar-refractivity contribution is -0.132. The van der Waals surface area contributed by atoms with Gasteiger partial charge in [-0.15, -0.1) is 24.8 Å². The Bertz CT molecular complexity index is 893. The Morgan fingerprint density at radius 1 is 1.20 bits per heavy atom. The van der Waals surface area contributed by atoms with Gasteiger partial charge in [-0.3, -0.25) is 9.69 Å². The molecular formula is C22H27Br2Cl2N3O. The molecule has 3 unspecified atom stereocenters. The van der Waals surface area contributed by atoms with Gasteiger partial charge in [0.25, 0.3) is 0 Å². The molecule has 0 spiro atoms. The van der Waals surface area contributed by atoms with Crippen LogP contribution in [0.3, 0.4) is 0 Å². The summed E-state index contributed by atoms with van der Waals surface area (Å²) in [6.07, 6.45) is 1.46. The van der Waals surface area contributed by atoms with Crippen LogP contribution in [-0.4, -0.2) is 42.0 Å². The summed E-state index contributed by atoms with van der Waals surface area (Å²) in [5.41, 5.74) is 9.17. The molecule has 0 radical (unpaired) electrons. The van der Waals surface area contributed by atoms with E-state index in [1.54, 1.807) is 0 Å². The van der Waals surface area contributed by atoms with E-state index < -0.39 is 5.54 Å². The number of primary amides is 1. The Labute approximate surface area is 207 Å². The van der Waals surface area contributed by atoms with Gasteiger partial charge in [0, 0.05) is 47.0 Å². The molecule has 0 saturated carbocycles. The van der Waals surface area contributed by atoms with E-state index in [9.17, 15) is 4.79 Å². The second kappa shape index (κ2) is 10.3. The number of hydrogen-bond donors (Lipinski definition) is 2. The van der Waals surface area contributed by atoms with E-state index in [0.717, 1.165) is 35.0 Å². The highest BCUT2D eigenvalue weighted by atomic mass is 79.9. The van der Waals surface area contributed by atoms with Crippen LogP contribution in [0.5, 0.6) is 0 Å². The summed E-state index contributed by atoms with van der Waals surface area (Å²) in [6.45, 7) is 4.71. The van der Waals surface area contributed by atoms with Crippen molar-refractivity contribution in [2.75, 3.05) is 19.6 Å². The van der Waals surface area contributed by atoms with Crippen LogP contribution < -0.4 is 11.1 Å². The van der Waals surface area contributed by atoms with Crippen LogP contribution in [0.4, 0.5) is 0 Å². The van der Waals surface area contributed by atoms with Crippen LogP contribution in [0.1, 0.15) is 29.5 Å². The van der Waals surface area contributed by atoms with Gasteiger partial charge >= 0.3 is 0 Å². The van der Waals surface area contributed by atoms with Crippen molar-refractivity contribution < 1.29 is 4.79 Å². The average molecular weight is 580 g/mol. The third kappa shape index (κ3) is 4.74. The molecule has 2 aliphatic rings. The molecule has 3 atom stereocenters. The Morgan fingerprint density at radius 3 is 2.50 bits per heavy atom. The molecule has 8 heteroatoms. The maximum absolute atomic E-state index is 13.1. The first-order valence-electron chi connectivity index (χ1n) is 9.71. The zero-order valence-corrected chi connectivity index (χ0v) is 21.5. The summed E-state index contributed by atoms with van der Waals surface area (Å²) in [7, 11) is 0. The van der Waals surface area contributed by atoms with Gasteiger partial charge in [-0.25, -0.2) is 0 Å². The fraction of sp³-hybridized carbons (Fsp3) is 0.409. The van der Waals surface area contributed by atoms with E-state index >= 15 is 0 Å². The fourth-order valence-electron chi connectivity index (χ4n) is 4.99. The summed E-state index contributed by atoms with van der Waals surface area (Å²) in [6, 6.07) is 15.1. The predicted molar refractivity (Wildman–Crippen MR) is 134 cm³/mol. The van der Waals surface area contributed by atoms with E-state index in [4.69, 9.17) is 5.73 Å². The highest BCUT2D eigenvalue weighted by molar-refractivity contribution is 9.11. The Hall–Kier alpha value is -0.630.